The van der Waals surface area contributed by atoms with Crippen molar-refractivity contribution in [1.29, 1.82) is 0 Å². The maximum absolute atomic E-state index is 12.3. The molecule has 0 radical (unpaired) electrons. The number of ether oxygens (including phenoxy) is 2. The van der Waals surface area contributed by atoms with Crippen LogP contribution in [-0.4, -0.2) is 38.0 Å². The summed E-state index contributed by atoms with van der Waals surface area (Å²) in [5, 5.41) is 19.3. The molecule has 2 heterocycles. The van der Waals surface area contributed by atoms with Gasteiger partial charge in [-0.05, 0) is 90.5 Å². The predicted octanol–water partition coefficient (Wildman–Crippen LogP) is 6.60. The number of carbonyl (C=O) groups is 1. The molecule has 0 bridgehead atoms. The number of benzene rings is 1. The molecule has 11 nitrogen and oxygen atoms in total. The Balaban J connectivity index is 1.37. The summed E-state index contributed by atoms with van der Waals surface area (Å²) >= 11 is 0. The maximum atomic E-state index is 12.3. The van der Waals surface area contributed by atoms with Crippen molar-refractivity contribution in [2.24, 2.45) is 5.73 Å². The summed E-state index contributed by atoms with van der Waals surface area (Å²) in [6.07, 6.45) is 6.92. The molecule has 0 spiro atoms. The summed E-state index contributed by atoms with van der Waals surface area (Å²) in [5.41, 5.74) is 8.48. The van der Waals surface area contributed by atoms with Crippen molar-refractivity contribution in [1.82, 2.24) is 14.8 Å². The molecule has 1 fully saturated rings. The van der Waals surface area contributed by atoms with Crippen molar-refractivity contribution < 1.29 is 19.2 Å². The third-order valence-corrected chi connectivity index (χ3v) is 7.11. The Morgan fingerprint density at radius 1 is 1.20 bits per heavy atom. The summed E-state index contributed by atoms with van der Waals surface area (Å²) in [7, 11) is 0. The van der Waals surface area contributed by atoms with E-state index in [0.29, 0.717) is 12.8 Å². The SMILES string of the molecule is C[C@@H](N)CCCCc1cc(Nc2cc([C@H]3CC[C@@H](OC(=O)Oc4ccc([N+](=O)[O-])cc4)C3)nn2C(C)(C)C)ccn1. The highest BCUT2D eigenvalue weighted by Gasteiger charge is 2.32. The second-order valence-electron chi connectivity index (χ2n) is 11.8. The van der Waals surface area contributed by atoms with E-state index in [1.165, 1.54) is 24.3 Å². The third kappa shape index (κ3) is 8.50. The molecule has 3 aromatic rings. The molecule has 0 unspecified atom stereocenters. The van der Waals surface area contributed by atoms with Crippen molar-refractivity contribution >= 4 is 23.3 Å². The number of aryl methyl sites for hydroxylation is 1. The fraction of sp³-hybridized carbons (Fsp3) is 0.500. The predicted molar refractivity (Wildman–Crippen MR) is 157 cm³/mol. The van der Waals surface area contributed by atoms with Crippen molar-refractivity contribution in [3.05, 3.63) is 70.2 Å². The number of carbonyl (C=O) groups excluding carboxylic acids is 1. The number of nitro groups is 1. The highest BCUT2D eigenvalue weighted by molar-refractivity contribution is 5.64. The Labute approximate surface area is 240 Å². The zero-order valence-electron chi connectivity index (χ0n) is 24.2. The minimum Gasteiger partial charge on any atom is -0.431 e. The topological polar surface area (TPSA) is 147 Å². The van der Waals surface area contributed by atoms with Crippen molar-refractivity contribution in [2.45, 2.75) is 96.2 Å². The summed E-state index contributed by atoms with van der Waals surface area (Å²) in [5.74, 6) is 1.22. The number of aromatic nitrogens is 3. The molecule has 220 valence electrons. The molecule has 4 rings (SSSR count). The molecule has 41 heavy (non-hydrogen) atoms. The van der Waals surface area contributed by atoms with Gasteiger partial charge in [0.05, 0.1) is 16.2 Å². The molecule has 2 aromatic heterocycles. The van der Waals surface area contributed by atoms with Crippen LogP contribution < -0.4 is 15.8 Å². The smallest absolute Gasteiger partial charge is 0.431 e. The van der Waals surface area contributed by atoms with Crippen LogP contribution in [0.5, 0.6) is 5.75 Å². The fourth-order valence-electron chi connectivity index (χ4n) is 5.02. The van der Waals surface area contributed by atoms with Gasteiger partial charge in [-0.2, -0.15) is 5.10 Å². The van der Waals surface area contributed by atoms with Gasteiger partial charge >= 0.3 is 6.16 Å². The number of anilines is 2. The highest BCUT2D eigenvalue weighted by atomic mass is 16.7. The van der Waals surface area contributed by atoms with Gasteiger partial charge in [-0.25, -0.2) is 9.48 Å². The Hall–Kier alpha value is -3.99. The molecule has 0 amide bonds. The second-order valence-corrected chi connectivity index (χ2v) is 11.8. The summed E-state index contributed by atoms with van der Waals surface area (Å²) in [6.45, 7) is 8.37. The van der Waals surface area contributed by atoms with E-state index in [-0.39, 0.29) is 35.0 Å². The van der Waals surface area contributed by atoms with Crippen LogP contribution in [0.15, 0.2) is 48.7 Å². The van der Waals surface area contributed by atoms with Gasteiger partial charge in [0.25, 0.3) is 5.69 Å². The van der Waals surface area contributed by atoms with Gasteiger partial charge in [0, 0.05) is 47.7 Å². The van der Waals surface area contributed by atoms with E-state index in [2.05, 4.69) is 43.2 Å². The molecule has 3 N–H and O–H groups in total. The second kappa shape index (κ2) is 13.1. The monoisotopic (exact) mass is 564 g/mol. The van der Waals surface area contributed by atoms with Crippen LogP contribution in [0, 0.1) is 10.1 Å². The normalized spacial score (nSPS) is 17.7. The number of nitrogens with zero attached hydrogens (tertiary/aromatic N) is 4. The summed E-state index contributed by atoms with van der Waals surface area (Å²) < 4.78 is 12.8. The van der Waals surface area contributed by atoms with Gasteiger partial charge in [-0.15, -0.1) is 0 Å². The van der Waals surface area contributed by atoms with Crippen LogP contribution in [0.1, 0.15) is 83.5 Å². The molecule has 0 aliphatic heterocycles. The van der Waals surface area contributed by atoms with Crippen LogP contribution in [-0.2, 0) is 16.7 Å². The fourth-order valence-corrected chi connectivity index (χ4v) is 5.02. The van der Waals surface area contributed by atoms with Gasteiger partial charge in [0.2, 0.25) is 0 Å². The third-order valence-electron chi connectivity index (χ3n) is 7.11. The average Bonchev–Trinajstić information content (AvgIpc) is 3.54. The number of hydrogen-bond acceptors (Lipinski definition) is 9. The van der Waals surface area contributed by atoms with E-state index in [1.807, 2.05) is 23.9 Å². The summed E-state index contributed by atoms with van der Waals surface area (Å²) in [4.78, 5) is 27.2. The Kier molecular flexibility index (Phi) is 9.59. The van der Waals surface area contributed by atoms with Crippen LogP contribution in [0.4, 0.5) is 22.0 Å². The minimum atomic E-state index is -0.821. The van der Waals surface area contributed by atoms with E-state index < -0.39 is 11.1 Å². The lowest BCUT2D eigenvalue weighted by atomic mass is 10.0. The molecule has 1 aliphatic carbocycles. The van der Waals surface area contributed by atoms with E-state index >= 15 is 0 Å². The lowest BCUT2D eigenvalue weighted by Gasteiger charge is -2.23. The van der Waals surface area contributed by atoms with Crippen LogP contribution in [0.25, 0.3) is 0 Å². The zero-order chi connectivity index (χ0) is 29.6. The number of pyridine rings is 1. The molecule has 3 atom stereocenters. The number of nitrogens with two attached hydrogens (primary N) is 1. The van der Waals surface area contributed by atoms with Crippen molar-refractivity contribution in [2.75, 3.05) is 5.32 Å². The van der Waals surface area contributed by atoms with E-state index in [9.17, 15) is 14.9 Å². The molecular weight excluding hydrogens is 524 g/mol. The Morgan fingerprint density at radius 2 is 1.95 bits per heavy atom. The van der Waals surface area contributed by atoms with E-state index in [1.54, 1.807) is 0 Å². The van der Waals surface area contributed by atoms with Crippen LogP contribution in [0.3, 0.4) is 0 Å². The highest BCUT2D eigenvalue weighted by Crippen LogP contribution is 2.38. The van der Waals surface area contributed by atoms with E-state index in [4.69, 9.17) is 20.3 Å². The van der Waals surface area contributed by atoms with Crippen LogP contribution >= 0.6 is 0 Å². The van der Waals surface area contributed by atoms with Crippen LogP contribution in [0.2, 0.25) is 0 Å². The number of hydrogen-bond donors (Lipinski definition) is 2. The lowest BCUT2D eigenvalue weighted by molar-refractivity contribution is -0.384. The average molecular weight is 565 g/mol. The molecule has 11 heteroatoms. The Morgan fingerprint density at radius 3 is 2.63 bits per heavy atom. The number of non-ortho nitro benzene ring substituents is 1. The van der Waals surface area contributed by atoms with Gasteiger partial charge in [0.1, 0.15) is 17.7 Å². The van der Waals surface area contributed by atoms with Crippen molar-refractivity contribution in [3.63, 3.8) is 0 Å². The first-order chi connectivity index (χ1) is 19.5. The van der Waals surface area contributed by atoms with Gasteiger partial charge in [-0.1, -0.05) is 6.42 Å². The van der Waals surface area contributed by atoms with Gasteiger partial charge in [-0.3, -0.25) is 15.1 Å². The van der Waals surface area contributed by atoms with Gasteiger partial charge < -0.3 is 20.5 Å². The molecule has 1 aromatic carbocycles. The minimum absolute atomic E-state index is 0.0784. The number of rotatable bonds is 11. The first kappa shape index (κ1) is 30.0. The molecule has 1 aliphatic rings. The van der Waals surface area contributed by atoms with E-state index in [0.717, 1.165) is 55.0 Å². The Bertz CT molecular complexity index is 1330. The first-order valence-electron chi connectivity index (χ1n) is 14.2. The lowest BCUT2D eigenvalue weighted by Crippen LogP contribution is -2.24. The zero-order valence-corrected chi connectivity index (χ0v) is 24.2. The van der Waals surface area contributed by atoms with Gasteiger partial charge in [0.15, 0.2) is 0 Å². The number of nitrogens with one attached hydrogen (secondary N) is 1. The molecular formula is C30H40N6O5. The standard InChI is InChI=1S/C30H40N6O5/c1-20(31)7-5-6-8-22-18-23(15-16-32-22)33-28-19-27(34-35(28)30(2,3)4)21-9-12-26(17-21)41-29(37)40-25-13-10-24(11-14-25)36(38)39/h10-11,13-16,18-21,26H,5-9,12,17,31H2,1-4H3,(H,32,33)/t20-,21+,26-/m1/s1. The summed E-state index contributed by atoms with van der Waals surface area (Å²) in [6, 6.07) is 11.7. The number of nitro benzene ring substituents is 1. The molecule has 1 saturated carbocycles. The first-order valence-corrected chi connectivity index (χ1v) is 14.2. The van der Waals surface area contributed by atoms with Crippen molar-refractivity contribution in [3.8, 4) is 5.75 Å². The quantitative estimate of drug-likeness (QED) is 0.0864. The number of unbranched alkanes of at least 4 members (excludes halogenated alkanes) is 1. The molecule has 0 saturated heterocycles. The maximum Gasteiger partial charge on any atom is 0.514 e. The largest absolute Gasteiger partial charge is 0.514 e.